The Morgan fingerprint density at radius 1 is 1.47 bits per heavy atom. The maximum atomic E-state index is 9.86. The summed E-state index contributed by atoms with van der Waals surface area (Å²) in [5.74, 6) is 0.380. The molecule has 2 aliphatic rings. The third-order valence-corrected chi connectivity index (χ3v) is 4.45. The first kappa shape index (κ1) is 11.2. The molecule has 0 aliphatic heterocycles. The zero-order valence-corrected chi connectivity index (χ0v) is 9.74. The van der Waals surface area contributed by atoms with Crippen LogP contribution < -0.4 is 0 Å². The molecule has 2 heteroatoms. The second-order valence-electron chi connectivity index (χ2n) is 5.45. The van der Waals surface area contributed by atoms with E-state index in [2.05, 4.69) is 6.92 Å². The van der Waals surface area contributed by atoms with E-state index in [9.17, 15) is 10.2 Å². The molecular formula is C13H22O2. The van der Waals surface area contributed by atoms with Gasteiger partial charge in [0.15, 0.2) is 0 Å². The minimum Gasteiger partial charge on any atom is -0.393 e. The minimum atomic E-state index is -0.249. The predicted octanol–water partition coefficient (Wildman–Crippen LogP) is 2.25. The largest absolute Gasteiger partial charge is 0.393 e. The first-order valence-electron chi connectivity index (χ1n) is 6.11. The summed E-state index contributed by atoms with van der Waals surface area (Å²) < 4.78 is 0. The number of hydrogen-bond acceptors (Lipinski definition) is 2. The van der Waals surface area contributed by atoms with Gasteiger partial charge in [0.1, 0.15) is 0 Å². The molecule has 0 heterocycles. The second kappa shape index (κ2) is 3.91. The summed E-state index contributed by atoms with van der Waals surface area (Å²) in [6.45, 7) is 4.17. The fraction of sp³-hybridized carbons (Fsp3) is 0.846. The van der Waals surface area contributed by atoms with Gasteiger partial charge in [-0.05, 0) is 50.4 Å². The average molecular weight is 210 g/mol. The summed E-state index contributed by atoms with van der Waals surface area (Å²) in [5, 5.41) is 19.5. The Balaban J connectivity index is 2.29. The summed E-state index contributed by atoms with van der Waals surface area (Å²) >= 11 is 0. The number of aliphatic hydroxyl groups excluding tert-OH is 2. The molecule has 0 spiro atoms. The van der Waals surface area contributed by atoms with Crippen molar-refractivity contribution < 1.29 is 10.2 Å². The maximum Gasteiger partial charge on any atom is 0.0724 e. The van der Waals surface area contributed by atoms with E-state index < -0.39 is 0 Å². The third-order valence-electron chi connectivity index (χ3n) is 4.45. The Morgan fingerprint density at radius 2 is 2.20 bits per heavy atom. The van der Waals surface area contributed by atoms with E-state index >= 15 is 0 Å². The molecule has 0 aromatic carbocycles. The Hall–Kier alpha value is -0.340. The SMILES string of the molecule is CC(O)C1CCCC2=CC(O)CCC21C. The normalized spacial score (nSPS) is 43.1. The molecular weight excluding hydrogens is 188 g/mol. The molecule has 4 unspecified atom stereocenters. The number of rotatable bonds is 1. The van der Waals surface area contributed by atoms with E-state index in [1.54, 1.807) is 0 Å². The average Bonchev–Trinajstić information content (AvgIpc) is 2.17. The lowest BCUT2D eigenvalue weighted by Crippen LogP contribution is -2.42. The smallest absolute Gasteiger partial charge is 0.0724 e. The molecule has 0 saturated heterocycles. The van der Waals surface area contributed by atoms with Crippen LogP contribution in [0.4, 0.5) is 0 Å². The number of allylic oxidation sites excluding steroid dienone is 1. The summed E-state index contributed by atoms with van der Waals surface area (Å²) in [7, 11) is 0. The van der Waals surface area contributed by atoms with E-state index in [1.807, 2.05) is 13.0 Å². The maximum absolute atomic E-state index is 9.86. The highest BCUT2D eigenvalue weighted by Crippen LogP contribution is 2.51. The summed E-state index contributed by atoms with van der Waals surface area (Å²) in [4.78, 5) is 0. The number of aliphatic hydroxyl groups is 2. The summed E-state index contributed by atoms with van der Waals surface area (Å²) in [6, 6.07) is 0. The molecule has 15 heavy (non-hydrogen) atoms. The molecule has 0 aromatic rings. The lowest BCUT2D eigenvalue weighted by molar-refractivity contribution is 0.0165. The first-order chi connectivity index (χ1) is 7.04. The van der Waals surface area contributed by atoms with Crippen LogP contribution in [-0.2, 0) is 0 Å². The van der Waals surface area contributed by atoms with Gasteiger partial charge in [0.25, 0.3) is 0 Å². The van der Waals surface area contributed by atoms with Gasteiger partial charge in [-0.25, -0.2) is 0 Å². The van der Waals surface area contributed by atoms with Crippen molar-refractivity contribution in [2.45, 2.75) is 58.2 Å². The number of hydrogen-bond donors (Lipinski definition) is 2. The monoisotopic (exact) mass is 210 g/mol. The Bertz CT molecular complexity index is 270. The van der Waals surface area contributed by atoms with Crippen molar-refractivity contribution in [1.82, 2.24) is 0 Å². The standard InChI is InChI=1S/C13H22O2/c1-9(14)12-5-3-4-10-8-11(15)6-7-13(10,12)2/h8-9,11-12,14-15H,3-7H2,1-2H3. The van der Waals surface area contributed by atoms with Crippen LogP contribution in [0.5, 0.6) is 0 Å². The van der Waals surface area contributed by atoms with Gasteiger partial charge in [0.2, 0.25) is 0 Å². The van der Waals surface area contributed by atoms with E-state index in [0.717, 1.165) is 32.1 Å². The van der Waals surface area contributed by atoms with Crippen LogP contribution in [0, 0.1) is 11.3 Å². The highest BCUT2D eigenvalue weighted by Gasteiger charge is 2.43. The van der Waals surface area contributed by atoms with Gasteiger partial charge in [-0.15, -0.1) is 0 Å². The summed E-state index contributed by atoms with van der Waals surface area (Å²) in [6.07, 6.45) is 6.83. The Labute approximate surface area is 92.0 Å². The molecule has 0 bridgehead atoms. The Morgan fingerprint density at radius 3 is 2.87 bits per heavy atom. The second-order valence-corrected chi connectivity index (χ2v) is 5.45. The highest BCUT2D eigenvalue weighted by molar-refractivity contribution is 5.23. The number of fused-ring (bicyclic) bond motifs is 1. The van der Waals surface area contributed by atoms with Gasteiger partial charge in [0.05, 0.1) is 12.2 Å². The van der Waals surface area contributed by atoms with Crippen LogP contribution in [0.1, 0.15) is 46.0 Å². The van der Waals surface area contributed by atoms with Gasteiger partial charge in [0, 0.05) is 0 Å². The van der Waals surface area contributed by atoms with Crippen LogP contribution in [0.2, 0.25) is 0 Å². The minimum absolute atomic E-state index is 0.144. The van der Waals surface area contributed by atoms with Crippen LogP contribution in [-0.4, -0.2) is 22.4 Å². The van der Waals surface area contributed by atoms with Crippen molar-refractivity contribution in [1.29, 1.82) is 0 Å². The van der Waals surface area contributed by atoms with Crippen molar-refractivity contribution in [2.24, 2.45) is 11.3 Å². The van der Waals surface area contributed by atoms with E-state index in [-0.39, 0.29) is 17.6 Å². The molecule has 0 aromatic heterocycles. The van der Waals surface area contributed by atoms with E-state index in [0.29, 0.717) is 5.92 Å². The molecule has 86 valence electrons. The molecule has 4 atom stereocenters. The molecule has 1 fully saturated rings. The quantitative estimate of drug-likeness (QED) is 0.652. The van der Waals surface area contributed by atoms with Gasteiger partial charge >= 0.3 is 0 Å². The van der Waals surface area contributed by atoms with E-state index in [1.165, 1.54) is 5.57 Å². The van der Waals surface area contributed by atoms with Crippen LogP contribution in [0.25, 0.3) is 0 Å². The van der Waals surface area contributed by atoms with Crippen molar-refractivity contribution in [3.8, 4) is 0 Å². The molecule has 2 N–H and O–H groups in total. The van der Waals surface area contributed by atoms with Crippen LogP contribution >= 0.6 is 0 Å². The fourth-order valence-corrected chi connectivity index (χ4v) is 3.51. The zero-order valence-electron chi connectivity index (χ0n) is 9.74. The lowest BCUT2D eigenvalue weighted by atomic mass is 9.58. The molecule has 2 nitrogen and oxygen atoms in total. The van der Waals surface area contributed by atoms with Crippen molar-refractivity contribution in [3.63, 3.8) is 0 Å². The van der Waals surface area contributed by atoms with Gasteiger partial charge in [-0.3, -0.25) is 0 Å². The molecule has 2 rings (SSSR count). The van der Waals surface area contributed by atoms with Gasteiger partial charge in [-0.1, -0.05) is 18.6 Å². The summed E-state index contributed by atoms with van der Waals surface area (Å²) in [5.41, 5.74) is 1.53. The predicted molar refractivity (Wildman–Crippen MR) is 60.5 cm³/mol. The van der Waals surface area contributed by atoms with Crippen molar-refractivity contribution >= 4 is 0 Å². The van der Waals surface area contributed by atoms with Crippen LogP contribution in [0.15, 0.2) is 11.6 Å². The molecule has 2 aliphatic carbocycles. The molecule has 0 radical (unpaired) electrons. The van der Waals surface area contributed by atoms with Crippen molar-refractivity contribution in [2.75, 3.05) is 0 Å². The highest BCUT2D eigenvalue weighted by atomic mass is 16.3. The van der Waals surface area contributed by atoms with E-state index in [4.69, 9.17) is 0 Å². The molecule has 1 saturated carbocycles. The fourth-order valence-electron chi connectivity index (χ4n) is 3.51. The molecule has 0 amide bonds. The van der Waals surface area contributed by atoms with Gasteiger partial charge < -0.3 is 10.2 Å². The zero-order chi connectivity index (χ0) is 11.1. The first-order valence-corrected chi connectivity index (χ1v) is 6.11. The van der Waals surface area contributed by atoms with Crippen molar-refractivity contribution in [3.05, 3.63) is 11.6 Å². The van der Waals surface area contributed by atoms with Crippen LogP contribution in [0.3, 0.4) is 0 Å². The third kappa shape index (κ3) is 1.85. The lowest BCUT2D eigenvalue weighted by Gasteiger charge is -2.48. The topological polar surface area (TPSA) is 40.5 Å². The Kier molecular flexibility index (Phi) is 2.91. The van der Waals surface area contributed by atoms with Gasteiger partial charge in [-0.2, -0.15) is 0 Å².